The third-order valence-electron chi connectivity index (χ3n) is 2.34. The number of halogens is 1. The average molecular weight is 310 g/mol. The summed E-state index contributed by atoms with van der Waals surface area (Å²) in [5, 5.41) is 13.3. The molecule has 0 fully saturated rings. The zero-order valence-electron chi connectivity index (χ0n) is 9.54. The molecule has 4 nitrogen and oxygen atoms in total. The largest absolute Gasteiger partial charge is 0.470 e. The van der Waals surface area contributed by atoms with Gasteiger partial charge in [-0.25, -0.2) is 0 Å². The molecule has 0 amide bonds. The fraction of sp³-hybridized carbons (Fsp3) is 0.154. The molecule has 0 unspecified atom stereocenters. The zero-order chi connectivity index (χ0) is 13.0. The van der Waals surface area contributed by atoms with Crippen molar-refractivity contribution in [2.45, 2.75) is 12.7 Å². The Balaban J connectivity index is 2.07. The summed E-state index contributed by atoms with van der Waals surface area (Å²) in [7, 11) is 0. The lowest BCUT2D eigenvalue weighted by Gasteiger charge is -2.03. The summed E-state index contributed by atoms with van der Waals surface area (Å²) >= 11 is 3.28. The maximum Gasteiger partial charge on any atom is 0.269 e. The number of aliphatic hydroxyl groups is 1. The molecule has 0 aliphatic heterocycles. The van der Waals surface area contributed by atoms with E-state index < -0.39 is 6.10 Å². The number of aliphatic hydroxyl groups excluding tert-OH is 1. The van der Waals surface area contributed by atoms with Gasteiger partial charge in [-0.1, -0.05) is 36.4 Å². The van der Waals surface area contributed by atoms with E-state index in [0.717, 1.165) is 5.56 Å². The fourth-order valence-electron chi connectivity index (χ4n) is 1.38. The number of ether oxygens (including phenoxy) is 1. The third-order valence-corrected chi connectivity index (χ3v) is 3.07. The van der Waals surface area contributed by atoms with Gasteiger partial charge in [0.25, 0.3) is 5.88 Å². The molecule has 0 bridgehead atoms. The Bertz CT molecular complexity index is 524. The van der Waals surface area contributed by atoms with E-state index in [9.17, 15) is 5.11 Å². The maximum atomic E-state index is 9.57. The first-order chi connectivity index (χ1) is 8.72. The molecule has 0 spiro atoms. The van der Waals surface area contributed by atoms with Crippen molar-refractivity contribution >= 4 is 15.9 Å². The van der Waals surface area contributed by atoms with Crippen LogP contribution in [-0.2, 0) is 6.61 Å². The van der Waals surface area contributed by atoms with Crippen molar-refractivity contribution < 1.29 is 14.4 Å². The Morgan fingerprint density at radius 2 is 2.17 bits per heavy atom. The monoisotopic (exact) mass is 309 g/mol. The molecule has 0 radical (unpaired) electrons. The van der Waals surface area contributed by atoms with Crippen LogP contribution in [0.25, 0.3) is 0 Å². The van der Waals surface area contributed by atoms with Crippen LogP contribution in [0.2, 0.25) is 0 Å². The summed E-state index contributed by atoms with van der Waals surface area (Å²) in [6.45, 7) is 3.87. The minimum atomic E-state index is -0.902. The normalized spacial score (nSPS) is 12.1. The van der Waals surface area contributed by atoms with E-state index >= 15 is 0 Å². The van der Waals surface area contributed by atoms with Crippen molar-refractivity contribution in [3.8, 4) is 5.88 Å². The predicted octanol–water partition coefficient (Wildman–Crippen LogP) is 3.24. The Hall–Kier alpha value is -1.59. The summed E-state index contributed by atoms with van der Waals surface area (Å²) < 4.78 is 11.0. The quantitative estimate of drug-likeness (QED) is 0.862. The summed E-state index contributed by atoms with van der Waals surface area (Å²) in [4.78, 5) is 0. The van der Waals surface area contributed by atoms with E-state index in [4.69, 9.17) is 9.26 Å². The molecule has 2 aromatic rings. The van der Waals surface area contributed by atoms with Crippen LogP contribution < -0.4 is 4.74 Å². The predicted molar refractivity (Wildman–Crippen MR) is 70.1 cm³/mol. The highest BCUT2D eigenvalue weighted by molar-refractivity contribution is 9.10. The molecule has 1 heterocycles. The Morgan fingerprint density at radius 3 is 2.83 bits per heavy atom. The third kappa shape index (κ3) is 2.80. The molecule has 0 aliphatic rings. The molecule has 5 heteroatoms. The Morgan fingerprint density at radius 1 is 1.44 bits per heavy atom. The Labute approximate surface area is 113 Å². The van der Waals surface area contributed by atoms with E-state index in [2.05, 4.69) is 27.7 Å². The van der Waals surface area contributed by atoms with Crippen LogP contribution in [-0.4, -0.2) is 10.3 Å². The molecule has 1 N–H and O–H groups in total. The first-order valence-corrected chi connectivity index (χ1v) is 6.14. The van der Waals surface area contributed by atoms with Gasteiger partial charge in [-0.2, -0.15) is 0 Å². The number of hydrogen-bond acceptors (Lipinski definition) is 4. The van der Waals surface area contributed by atoms with Gasteiger partial charge in [-0.15, -0.1) is 6.58 Å². The molecule has 1 aromatic carbocycles. The molecule has 1 aromatic heterocycles. The van der Waals surface area contributed by atoms with Crippen molar-refractivity contribution in [2.24, 2.45) is 0 Å². The van der Waals surface area contributed by atoms with Gasteiger partial charge in [-0.3, -0.25) is 0 Å². The minimum absolute atomic E-state index is 0.285. The number of benzene rings is 1. The van der Waals surface area contributed by atoms with Crippen LogP contribution in [0.3, 0.4) is 0 Å². The topological polar surface area (TPSA) is 55.5 Å². The lowest BCUT2D eigenvalue weighted by Crippen LogP contribution is -1.96. The minimum Gasteiger partial charge on any atom is -0.470 e. The number of hydrogen-bond donors (Lipinski definition) is 1. The zero-order valence-corrected chi connectivity index (χ0v) is 11.1. The summed E-state index contributed by atoms with van der Waals surface area (Å²) in [6, 6.07) is 9.71. The molecular weight excluding hydrogens is 298 g/mol. The second-order valence-corrected chi connectivity index (χ2v) is 4.41. The van der Waals surface area contributed by atoms with Crippen LogP contribution in [0, 0.1) is 0 Å². The van der Waals surface area contributed by atoms with E-state index in [1.165, 1.54) is 6.08 Å². The molecule has 0 aliphatic carbocycles. The van der Waals surface area contributed by atoms with E-state index in [1.54, 1.807) is 0 Å². The van der Waals surface area contributed by atoms with Crippen LogP contribution in [0.5, 0.6) is 5.88 Å². The maximum absolute atomic E-state index is 9.57. The smallest absolute Gasteiger partial charge is 0.269 e. The second-order valence-electron chi connectivity index (χ2n) is 3.62. The molecule has 0 saturated heterocycles. The summed E-state index contributed by atoms with van der Waals surface area (Å²) in [6.07, 6.45) is 0.452. The van der Waals surface area contributed by atoms with E-state index in [1.807, 2.05) is 30.3 Å². The number of aromatic nitrogens is 1. The van der Waals surface area contributed by atoms with Crippen molar-refractivity contribution in [1.29, 1.82) is 0 Å². The van der Waals surface area contributed by atoms with Crippen LogP contribution in [0.15, 0.2) is 52.0 Å². The van der Waals surface area contributed by atoms with Gasteiger partial charge in [0.2, 0.25) is 0 Å². The van der Waals surface area contributed by atoms with Crippen molar-refractivity contribution in [3.63, 3.8) is 0 Å². The summed E-state index contributed by atoms with van der Waals surface area (Å²) in [5.41, 5.74) is 1.03. The van der Waals surface area contributed by atoms with Crippen molar-refractivity contribution in [1.82, 2.24) is 5.16 Å². The van der Waals surface area contributed by atoms with E-state index in [-0.39, 0.29) is 5.76 Å². The average Bonchev–Trinajstić information content (AvgIpc) is 2.78. The van der Waals surface area contributed by atoms with Crippen LogP contribution in [0.1, 0.15) is 17.4 Å². The Kier molecular flexibility index (Phi) is 4.17. The van der Waals surface area contributed by atoms with Gasteiger partial charge in [-0.05, 0) is 26.7 Å². The molecule has 1 atom stereocenters. The standard InChI is InChI=1S/C13H12BrNO3/c1-2-10(16)12-11(14)13(15-18-12)17-8-9-6-4-3-5-7-9/h2-7,10,16H,1,8H2/t10-/m0/s1. The lowest BCUT2D eigenvalue weighted by molar-refractivity contribution is 0.180. The summed E-state index contributed by atoms with van der Waals surface area (Å²) in [5.74, 6) is 0.600. The molecule has 0 saturated carbocycles. The highest BCUT2D eigenvalue weighted by atomic mass is 79.9. The first kappa shape index (κ1) is 12.9. The van der Waals surface area contributed by atoms with Crippen LogP contribution in [0.4, 0.5) is 0 Å². The molecule has 2 rings (SSSR count). The molecule has 94 valence electrons. The van der Waals surface area contributed by atoms with E-state index in [0.29, 0.717) is 17.0 Å². The highest BCUT2D eigenvalue weighted by Crippen LogP contribution is 2.32. The van der Waals surface area contributed by atoms with Gasteiger partial charge >= 0.3 is 0 Å². The van der Waals surface area contributed by atoms with Crippen molar-refractivity contribution in [3.05, 3.63) is 58.8 Å². The van der Waals surface area contributed by atoms with Gasteiger partial charge < -0.3 is 14.4 Å². The van der Waals surface area contributed by atoms with Crippen LogP contribution >= 0.6 is 15.9 Å². The van der Waals surface area contributed by atoms with Gasteiger partial charge in [0.15, 0.2) is 5.76 Å². The first-order valence-electron chi connectivity index (χ1n) is 5.34. The van der Waals surface area contributed by atoms with Gasteiger partial charge in [0, 0.05) is 0 Å². The lowest BCUT2D eigenvalue weighted by atomic mass is 10.2. The number of nitrogens with zero attached hydrogens (tertiary/aromatic N) is 1. The number of rotatable bonds is 5. The van der Waals surface area contributed by atoms with Gasteiger partial charge in [0.1, 0.15) is 17.2 Å². The molecular formula is C13H12BrNO3. The fourth-order valence-corrected chi connectivity index (χ4v) is 1.88. The van der Waals surface area contributed by atoms with Crippen molar-refractivity contribution in [2.75, 3.05) is 0 Å². The highest BCUT2D eigenvalue weighted by Gasteiger charge is 2.19. The van der Waals surface area contributed by atoms with Gasteiger partial charge in [0.05, 0.1) is 0 Å². The second kappa shape index (κ2) is 5.84. The molecule has 18 heavy (non-hydrogen) atoms. The SMILES string of the molecule is C=C[C@H](O)c1onc(OCc2ccccc2)c1Br.